The van der Waals surface area contributed by atoms with E-state index in [1.165, 1.54) is 13.2 Å². The minimum atomic E-state index is -4.42. The highest BCUT2D eigenvalue weighted by Gasteiger charge is 2.35. The molecule has 0 aromatic heterocycles. The van der Waals surface area contributed by atoms with E-state index < -0.39 is 17.8 Å². The molecule has 0 saturated carbocycles. The molecular formula is C14H19F3O2. The Morgan fingerprint density at radius 1 is 1.16 bits per heavy atom. The highest BCUT2D eigenvalue weighted by molar-refractivity contribution is 5.40. The maximum atomic E-state index is 13.0. The quantitative estimate of drug-likeness (QED) is 0.800. The molecule has 0 aliphatic heterocycles. The summed E-state index contributed by atoms with van der Waals surface area (Å²) >= 11 is 0. The van der Waals surface area contributed by atoms with Gasteiger partial charge in [-0.3, -0.25) is 0 Å². The van der Waals surface area contributed by atoms with E-state index in [0.29, 0.717) is 5.56 Å². The lowest BCUT2D eigenvalue weighted by Crippen LogP contribution is -2.20. The van der Waals surface area contributed by atoms with Crippen LogP contribution in [-0.2, 0) is 10.9 Å². The Morgan fingerprint density at radius 2 is 1.79 bits per heavy atom. The first-order valence-electron chi connectivity index (χ1n) is 6.12. The third kappa shape index (κ3) is 4.42. The zero-order valence-electron chi connectivity index (χ0n) is 11.5. The van der Waals surface area contributed by atoms with Gasteiger partial charge in [0.15, 0.2) is 0 Å². The van der Waals surface area contributed by atoms with E-state index in [9.17, 15) is 13.2 Å². The summed E-state index contributed by atoms with van der Waals surface area (Å²) < 4.78 is 49.2. The molecule has 1 aromatic carbocycles. The third-order valence-electron chi connectivity index (χ3n) is 2.71. The van der Waals surface area contributed by atoms with Crippen LogP contribution in [0.15, 0.2) is 18.2 Å². The van der Waals surface area contributed by atoms with Crippen molar-refractivity contribution in [2.45, 2.75) is 39.0 Å². The van der Waals surface area contributed by atoms with E-state index in [0.717, 1.165) is 6.07 Å². The zero-order valence-corrected chi connectivity index (χ0v) is 11.5. The molecule has 0 fully saturated rings. The molecule has 0 amide bonds. The zero-order chi connectivity index (χ0) is 14.6. The van der Waals surface area contributed by atoms with Crippen molar-refractivity contribution in [3.8, 4) is 5.75 Å². The minimum absolute atomic E-state index is 0.0338. The Morgan fingerprint density at radius 3 is 2.26 bits per heavy atom. The molecule has 1 atom stereocenters. The lowest BCUT2D eigenvalue weighted by molar-refractivity contribution is -0.139. The van der Waals surface area contributed by atoms with Crippen molar-refractivity contribution in [2.75, 3.05) is 13.7 Å². The van der Waals surface area contributed by atoms with Crippen LogP contribution in [0, 0.1) is 0 Å². The molecule has 1 rings (SSSR count). The molecule has 0 aliphatic rings. The van der Waals surface area contributed by atoms with Crippen LogP contribution in [0.5, 0.6) is 5.75 Å². The first kappa shape index (κ1) is 15.8. The van der Waals surface area contributed by atoms with Gasteiger partial charge in [-0.1, -0.05) is 19.9 Å². The van der Waals surface area contributed by atoms with Crippen molar-refractivity contribution < 1.29 is 22.6 Å². The fourth-order valence-corrected chi connectivity index (χ4v) is 1.72. The maximum absolute atomic E-state index is 13.0. The van der Waals surface area contributed by atoms with Crippen molar-refractivity contribution in [1.29, 1.82) is 0 Å². The molecule has 1 aromatic rings. The smallest absolute Gasteiger partial charge is 0.419 e. The molecule has 2 nitrogen and oxygen atoms in total. The normalized spacial score (nSPS) is 13.7. The monoisotopic (exact) mass is 276 g/mol. The summed E-state index contributed by atoms with van der Waals surface area (Å²) in [6, 6.07) is 4.19. The predicted octanol–water partition coefficient (Wildman–Crippen LogP) is 4.24. The molecule has 19 heavy (non-hydrogen) atoms. The highest BCUT2D eigenvalue weighted by Crippen LogP contribution is 2.38. The molecule has 0 heterocycles. The van der Waals surface area contributed by atoms with Gasteiger partial charge in [0.25, 0.3) is 0 Å². The standard InChI is InChI=1S/C14H19F3O2/c1-9(2)11-5-6-13(19-10(3)8-18-4)12(7-11)14(15,16)17/h5-7,9-10H,8H2,1-4H3/t10-/m0/s1. The van der Waals surface area contributed by atoms with Gasteiger partial charge in [0.05, 0.1) is 12.2 Å². The van der Waals surface area contributed by atoms with E-state index in [2.05, 4.69) is 0 Å². The molecule has 108 valence electrons. The Kier molecular flexibility index (Phi) is 5.23. The molecular weight excluding hydrogens is 257 g/mol. The van der Waals surface area contributed by atoms with Gasteiger partial charge in [-0.25, -0.2) is 0 Å². The van der Waals surface area contributed by atoms with Crippen molar-refractivity contribution in [2.24, 2.45) is 0 Å². The van der Waals surface area contributed by atoms with Crippen LogP contribution >= 0.6 is 0 Å². The van der Waals surface area contributed by atoms with Crippen LogP contribution in [0.1, 0.15) is 37.8 Å². The molecule has 0 unspecified atom stereocenters. The highest BCUT2D eigenvalue weighted by atomic mass is 19.4. The van der Waals surface area contributed by atoms with Crippen molar-refractivity contribution >= 4 is 0 Å². The average Bonchev–Trinajstić information content (AvgIpc) is 2.27. The minimum Gasteiger partial charge on any atom is -0.488 e. The molecule has 0 N–H and O–H groups in total. The van der Waals surface area contributed by atoms with Crippen LogP contribution in [0.4, 0.5) is 13.2 Å². The topological polar surface area (TPSA) is 18.5 Å². The van der Waals surface area contributed by atoms with Crippen LogP contribution in [0.3, 0.4) is 0 Å². The first-order chi connectivity index (χ1) is 8.75. The largest absolute Gasteiger partial charge is 0.488 e. The Bertz CT molecular complexity index is 414. The Labute approximate surface area is 111 Å². The second-order valence-electron chi connectivity index (χ2n) is 4.79. The molecule has 0 bridgehead atoms. The molecule has 0 spiro atoms. The lowest BCUT2D eigenvalue weighted by Gasteiger charge is -2.19. The summed E-state index contributed by atoms with van der Waals surface area (Å²) in [5.74, 6) is -0.118. The Balaban J connectivity index is 3.09. The molecule has 0 saturated heterocycles. The molecule has 0 radical (unpaired) electrons. The predicted molar refractivity (Wildman–Crippen MR) is 67.5 cm³/mol. The van der Waals surface area contributed by atoms with E-state index in [4.69, 9.17) is 9.47 Å². The van der Waals surface area contributed by atoms with Gasteiger partial charge in [0.1, 0.15) is 11.9 Å². The van der Waals surface area contributed by atoms with Gasteiger partial charge < -0.3 is 9.47 Å². The number of rotatable bonds is 5. The molecule has 5 heteroatoms. The van der Waals surface area contributed by atoms with Crippen molar-refractivity contribution in [3.63, 3.8) is 0 Å². The lowest BCUT2D eigenvalue weighted by atomic mass is 10.00. The summed E-state index contributed by atoms with van der Waals surface area (Å²) in [7, 11) is 1.48. The molecule has 0 aliphatic carbocycles. The average molecular weight is 276 g/mol. The van der Waals surface area contributed by atoms with Gasteiger partial charge in [0, 0.05) is 7.11 Å². The summed E-state index contributed by atoms with van der Waals surface area (Å²) in [5, 5.41) is 0. The van der Waals surface area contributed by atoms with E-state index in [-0.39, 0.29) is 18.3 Å². The number of ether oxygens (including phenoxy) is 2. The number of benzene rings is 1. The van der Waals surface area contributed by atoms with Gasteiger partial charge in [-0.2, -0.15) is 13.2 Å². The summed E-state index contributed by atoms with van der Waals surface area (Å²) in [4.78, 5) is 0. The van der Waals surface area contributed by atoms with Crippen LogP contribution < -0.4 is 4.74 Å². The van der Waals surface area contributed by atoms with E-state index >= 15 is 0 Å². The van der Waals surface area contributed by atoms with E-state index in [1.54, 1.807) is 13.0 Å². The fourth-order valence-electron chi connectivity index (χ4n) is 1.72. The van der Waals surface area contributed by atoms with Crippen LogP contribution in [0.25, 0.3) is 0 Å². The number of methoxy groups -OCH3 is 1. The number of halogens is 3. The number of alkyl halides is 3. The summed E-state index contributed by atoms with van der Waals surface area (Å²) in [6.45, 7) is 5.61. The maximum Gasteiger partial charge on any atom is 0.419 e. The van der Waals surface area contributed by atoms with Crippen molar-refractivity contribution in [1.82, 2.24) is 0 Å². The SMILES string of the molecule is COC[C@H](C)Oc1ccc(C(C)C)cc1C(F)(F)F. The van der Waals surface area contributed by atoms with Crippen molar-refractivity contribution in [3.05, 3.63) is 29.3 Å². The second kappa shape index (κ2) is 6.28. The fraction of sp³-hybridized carbons (Fsp3) is 0.571. The second-order valence-corrected chi connectivity index (χ2v) is 4.79. The van der Waals surface area contributed by atoms with Gasteiger partial charge in [-0.15, -0.1) is 0 Å². The van der Waals surface area contributed by atoms with Gasteiger partial charge >= 0.3 is 6.18 Å². The van der Waals surface area contributed by atoms with E-state index in [1.807, 2.05) is 13.8 Å². The number of hydrogen-bond donors (Lipinski definition) is 0. The van der Waals surface area contributed by atoms with Gasteiger partial charge in [-0.05, 0) is 30.5 Å². The first-order valence-corrected chi connectivity index (χ1v) is 6.12. The number of hydrogen-bond acceptors (Lipinski definition) is 2. The summed E-state index contributed by atoms with van der Waals surface area (Å²) in [6.07, 6.45) is -4.86. The summed E-state index contributed by atoms with van der Waals surface area (Å²) in [5.41, 5.74) is -0.0966. The Hall–Kier alpha value is -1.23. The third-order valence-corrected chi connectivity index (χ3v) is 2.71. The van der Waals surface area contributed by atoms with Crippen LogP contribution in [0.2, 0.25) is 0 Å². The van der Waals surface area contributed by atoms with Crippen LogP contribution in [-0.4, -0.2) is 19.8 Å². The van der Waals surface area contributed by atoms with Gasteiger partial charge in [0.2, 0.25) is 0 Å².